The molecule has 0 saturated carbocycles. The second kappa shape index (κ2) is 9.33. The number of hydrogen-bond donors (Lipinski definition) is 1. The number of rotatable bonds is 7. The van der Waals surface area contributed by atoms with Gasteiger partial charge in [0.2, 0.25) is 5.82 Å². The Morgan fingerprint density at radius 3 is 2.50 bits per heavy atom. The number of hydrogen-bond acceptors (Lipinski definition) is 6. The number of ether oxygens (including phenoxy) is 1. The molecule has 0 unspecified atom stereocenters. The fraction of sp³-hybridized carbons (Fsp3) is 0.0870. The van der Waals surface area contributed by atoms with Crippen LogP contribution in [0.15, 0.2) is 84.1 Å². The first kappa shape index (κ1) is 21.7. The summed E-state index contributed by atoms with van der Waals surface area (Å²) in [5.74, 6) is 0.00669. The first-order valence-corrected chi connectivity index (χ1v) is 11.5. The molecule has 0 saturated heterocycles. The Bertz CT molecular complexity index is 1330. The molecule has 2 aromatic carbocycles. The van der Waals surface area contributed by atoms with Crippen LogP contribution in [-0.2, 0) is 16.6 Å². The fourth-order valence-electron chi connectivity index (χ4n) is 2.88. The van der Waals surface area contributed by atoms with Gasteiger partial charge in [-0.25, -0.2) is 18.4 Å². The summed E-state index contributed by atoms with van der Waals surface area (Å²) in [7, 11) is -3.89. The molecule has 9 heteroatoms. The molecule has 0 radical (unpaired) electrons. The van der Waals surface area contributed by atoms with E-state index in [1.54, 1.807) is 42.7 Å². The quantitative estimate of drug-likeness (QED) is 0.417. The molecule has 0 atom stereocenters. The average molecular weight is 467 g/mol. The summed E-state index contributed by atoms with van der Waals surface area (Å²) in [5.41, 5.74) is 2.86. The number of sulfonamides is 1. The molecule has 1 N–H and O–H groups in total. The lowest BCUT2D eigenvalue weighted by Crippen LogP contribution is -2.15. The van der Waals surface area contributed by atoms with E-state index in [9.17, 15) is 8.42 Å². The number of aromatic nitrogens is 3. The minimum atomic E-state index is -3.89. The van der Waals surface area contributed by atoms with E-state index in [2.05, 4.69) is 19.7 Å². The van der Waals surface area contributed by atoms with Crippen LogP contribution in [0.2, 0.25) is 5.02 Å². The molecule has 2 heterocycles. The van der Waals surface area contributed by atoms with Gasteiger partial charge >= 0.3 is 0 Å². The number of halogens is 1. The highest BCUT2D eigenvalue weighted by Gasteiger charge is 2.20. The van der Waals surface area contributed by atoms with Crippen molar-refractivity contribution in [2.24, 2.45) is 0 Å². The summed E-state index contributed by atoms with van der Waals surface area (Å²) in [4.78, 5) is 12.9. The molecule has 7 nitrogen and oxygen atoms in total. The molecule has 4 aromatic rings. The summed E-state index contributed by atoms with van der Waals surface area (Å²) in [6.07, 6.45) is 4.76. The predicted octanol–water partition coefficient (Wildman–Crippen LogP) is 4.88. The number of nitrogens with zero attached hydrogens (tertiary/aromatic N) is 3. The van der Waals surface area contributed by atoms with Crippen molar-refractivity contribution in [3.8, 4) is 17.1 Å². The lowest BCUT2D eigenvalue weighted by atomic mass is 10.1. The van der Waals surface area contributed by atoms with E-state index < -0.39 is 10.0 Å². The summed E-state index contributed by atoms with van der Waals surface area (Å²) in [5, 5.41) is 0.494. The Morgan fingerprint density at radius 2 is 1.78 bits per heavy atom. The summed E-state index contributed by atoms with van der Waals surface area (Å²) >= 11 is 6.29. The summed E-state index contributed by atoms with van der Waals surface area (Å²) in [6, 6.07) is 17.3. The van der Waals surface area contributed by atoms with Gasteiger partial charge in [-0.3, -0.25) is 9.71 Å². The number of anilines is 1. The minimum Gasteiger partial charge on any atom is -0.470 e. The minimum absolute atomic E-state index is 0.0229. The molecule has 2 aromatic heterocycles. The molecular formula is C23H19ClN4O3S. The number of aryl methyl sites for hydroxylation is 1. The van der Waals surface area contributed by atoms with Gasteiger partial charge in [0.1, 0.15) is 6.61 Å². The molecule has 32 heavy (non-hydrogen) atoms. The van der Waals surface area contributed by atoms with E-state index in [0.717, 1.165) is 11.1 Å². The molecule has 0 fully saturated rings. The average Bonchev–Trinajstić information content (AvgIpc) is 2.80. The van der Waals surface area contributed by atoms with Crippen LogP contribution in [0.4, 0.5) is 5.82 Å². The van der Waals surface area contributed by atoms with Crippen LogP contribution < -0.4 is 9.46 Å². The smallest absolute Gasteiger partial charge is 0.263 e. The molecule has 0 spiro atoms. The zero-order valence-corrected chi connectivity index (χ0v) is 18.6. The highest BCUT2D eigenvalue weighted by molar-refractivity contribution is 7.92. The summed E-state index contributed by atoms with van der Waals surface area (Å²) < 4.78 is 34.1. The van der Waals surface area contributed by atoms with Gasteiger partial charge < -0.3 is 4.74 Å². The first-order chi connectivity index (χ1) is 15.4. The van der Waals surface area contributed by atoms with E-state index in [4.69, 9.17) is 16.3 Å². The van der Waals surface area contributed by atoms with Crippen molar-refractivity contribution in [2.45, 2.75) is 18.4 Å². The van der Waals surface area contributed by atoms with Gasteiger partial charge in [0.25, 0.3) is 15.9 Å². The Labute approximate surface area is 191 Å². The molecule has 0 aliphatic carbocycles. The van der Waals surface area contributed by atoms with E-state index in [1.807, 2.05) is 25.1 Å². The van der Waals surface area contributed by atoms with Gasteiger partial charge in [-0.05, 0) is 31.2 Å². The van der Waals surface area contributed by atoms with E-state index in [1.165, 1.54) is 18.3 Å². The second-order valence-corrected chi connectivity index (χ2v) is 9.05. The maximum Gasteiger partial charge on any atom is 0.263 e. The Balaban J connectivity index is 1.70. The molecule has 162 valence electrons. The van der Waals surface area contributed by atoms with Crippen molar-refractivity contribution in [1.82, 2.24) is 15.0 Å². The molecule has 0 aliphatic rings. The third-order valence-electron chi connectivity index (χ3n) is 4.55. The van der Waals surface area contributed by atoms with Gasteiger partial charge in [-0.15, -0.1) is 0 Å². The number of pyridine rings is 1. The van der Waals surface area contributed by atoms with Gasteiger partial charge in [-0.2, -0.15) is 0 Å². The molecule has 0 bridgehead atoms. The Morgan fingerprint density at radius 1 is 1.00 bits per heavy atom. The monoisotopic (exact) mass is 466 g/mol. The van der Waals surface area contributed by atoms with Crippen molar-refractivity contribution in [1.29, 1.82) is 0 Å². The van der Waals surface area contributed by atoms with E-state index in [0.29, 0.717) is 16.3 Å². The Hall–Kier alpha value is -3.49. The zero-order valence-electron chi connectivity index (χ0n) is 17.1. The highest BCUT2D eigenvalue weighted by Crippen LogP contribution is 2.30. The van der Waals surface area contributed by atoms with Crippen molar-refractivity contribution < 1.29 is 13.2 Å². The van der Waals surface area contributed by atoms with Crippen LogP contribution in [0, 0.1) is 6.92 Å². The molecule has 4 rings (SSSR count). The maximum absolute atomic E-state index is 12.9. The van der Waals surface area contributed by atoms with Crippen molar-refractivity contribution >= 4 is 27.4 Å². The number of benzene rings is 2. The molecule has 0 aliphatic heterocycles. The van der Waals surface area contributed by atoms with Crippen LogP contribution in [0.25, 0.3) is 11.3 Å². The van der Waals surface area contributed by atoms with Gasteiger partial charge in [0.05, 0.1) is 21.8 Å². The first-order valence-electron chi connectivity index (χ1n) is 9.65. The van der Waals surface area contributed by atoms with Crippen LogP contribution in [0.3, 0.4) is 0 Å². The van der Waals surface area contributed by atoms with Gasteiger partial charge in [0, 0.05) is 23.5 Å². The standard InChI is InChI=1S/C23H19ClN4O3S/c1-16-8-10-18(11-9-16)32(29,30)28-22-23(31-15-17-5-4-12-25-13-17)27-21(14-26-22)19-6-2-3-7-20(19)24/h2-14H,15H2,1H3,(H,26,28). The van der Waals surface area contributed by atoms with Crippen LogP contribution >= 0.6 is 11.6 Å². The molecular weight excluding hydrogens is 448 g/mol. The van der Waals surface area contributed by atoms with Crippen molar-refractivity contribution in [3.63, 3.8) is 0 Å². The predicted molar refractivity (Wildman–Crippen MR) is 123 cm³/mol. The lowest BCUT2D eigenvalue weighted by Gasteiger charge is -2.14. The van der Waals surface area contributed by atoms with E-state index in [-0.39, 0.29) is 23.2 Å². The van der Waals surface area contributed by atoms with Crippen LogP contribution in [-0.4, -0.2) is 23.4 Å². The zero-order chi connectivity index (χ0) is 22.6. The van der Waals surface area contributed by atoms with Gasteiger partial charge in [0.15, 0.2) is 0 Å². The topological polar surface area (TPSA) is 94.1 Å². The SMILES string of the molecule is Cc1ccc(S(=O)(=O)Nc2ncc(-c3ccccc3Cl)nc2OCc2cccnc2)cc1. The molecule has 0 amide bonds. The largest absolute Gasteiger partial charge is 0.470 e. The highest BCUT2D eigenvalue weighted by atomic mass is 35.5. The van der Waals surface area contributed by atoms with Crippen molar-refractivity contribution in [3.05, 3.63) is 95.4 Å². The lowest BCUT2D eigenvalue weighted by molar-refractivity contribution is 0.294. The van der Waals surface area contributed by atoms with Gasteiger partial charge in [-0.1, -0.05) is 53.6 Å². The maximum atomic E-state index is 12.9. The second-order valence-electron chi connectivity index (χ2n) is 6.96. The third-order valence-corrected chi connectivity index (χ3v) is 6.24. The van der Waals surface area contributed by atoms with Crippen LogP contribution in [0.5, 0.6) is 5.88 Å². The number of nitrogens with one attached hydrogen (secondary N) is 1. The fourth-order valence-corrected chi connectivity index (χ4v) is 4.12. The summed E-state index contributed by atoms with van der Waals surface area (Å²) in [6.45, 7) is 2.01. The Kier molecular flexibility index (Phi) is 6.34. The van der Waals surface area contributed by atoms with E-state index >= 15 is 0 Å². The third kappa shape index (κ3) is 5.04. The van der Waals surface area contributed by atoms with Crippen molar-refractivity contribution in [2.75, 3.05) is 4.72 Å². The normalized spacial score (nSPS) is 11.2. The van der Waals surface area contributed by atoms with Crippen LogP contribution in [0.1, 0.15) is 11.1 Å².